The van der Waals surface area contributed by atoms with E-state index < -0.39 is 0 Å². The van der Waals surface area contributed by atoms with Crippen LogP contribution in [0, 0.1) is 0 Å². The Hall–Kier alpha value is -0.800. The summed E-state index contributed by atoms with van der Waals surface area (Å²) in [5.74, 6) is 0. The van der Waals surface area contributed by atoms with Crippen molar-refractivity contribution >= 4 is 26.8 Å². The third-order valence-electron chi connectivity index (χ3n) is 2.66. The van der Waals surface area contributed by atoms with Gasteiger partial charge < -0.3 is 9.67 Å². The quantitative estimate of drug-likeness (QED) is 0.909. The third kappa shape index (κ3) is 1.82. The Morgan fingerprint density at radius 3 is 2.87 bits per heavy atom. The second-order valence-electron chi connectivity index (χ2n) is 3.53. The maximum Gasteiger partial charge on any atom is 0.0493 e. The number of fused-ring (bicyclic) bond motifs is 1. The summed E-state index contributed by atoms with van der Waals surface area (Å²) in [6.45, 7) is 3.27. The molecule has 0 unspecified atom stereocenters. The molecule has 1 heterocycles. The first kappa shape index (κ1) is 10.7. The summed E-state index contributed by atoms with van der Waals surface area (Å²) in [6.07, 6.45) is 0.717. The normalized spacial score (nSPS) is 11.1. The molecule has 0 spiro atoms. The highest BCUT2D eigenvalue weighted by Gasteiger charge is 2.08. The Bertz CT molecular complexity index is 476. The van der Waals surface area contributed by atoms with E-state index in [-0.39, 0.29) is 6.61 Å². The minimum atomic E-state index is 0.202. The number of aromatic nitrogens is 1. The fourth-order valence-corrected chi connectivity index (χ4v) is 2.47. The molecule has 0 atom stereocenters. The second kappa shape index (κ2) is 4.37. The predicted octanol–water partition coefficient (Wildman–Crippen LogP) is 2.96. The average Bonchev–Trinajstić information content (AvgIpc) is 2.58. The highest BCUT2D eigenvalue weighted by atomic mass is 79.9. The molecule has 0 bridgehead atoms. The van der Waals surface area contributed by atoms with Crippen molar-refractivity contribution in [1.29, 1.82) is 0 Å². The summed E-state index contributed by atoms with van der Waals surface area (Å²) in [7, 11) is 0. The maximum absolute atomic E-state index is 9.01. The monoisotopic (exact) mass is 267 g/mol. The number of hydrogen-bond acceptors (Lipinski definition) is 1. The molecule has 2 rings (SSSR count). The number of aliphatic hydroxyl groups excluding tert-OH is 1. The average molecular weight is 268 g/mol. The van der Waals surface area contributed by atoms with Gasteiger partial charge in [-0.1, -0.05) is 22.0 Å². The lowest BCUT2D eigenvalue weighted by atomic mass is 10.2. The van der Waals surface area contributed by atoms with Gasteiger partial charge in [0.15, 0.2) is 0 Å². The smallest absolute Gasteiger partial charge is 0.0493 e. The van der Waals surface area contributed by atoms with Crippen LogP contribution >= 0.6 is 15.9 Å². The highest BCUT2D eigenvalue weighted by molar-refractivity contribution is 9.10. The van der Waals surface area contributed by atoms with E-state index in [0.717, 1.165) is 17.4 Å². The van der Waals surface area contributed by atoms with Gasteiger partial charge in [-0.3, -0.25) is 0 Å². The Morgan fingerprint density at radius 1 is 1.40 bits per heavy atom. The summed E-state index contributed by atoms with van der Waals surface area (Å²) >= 11 is 3.55. The first-order valence-electron chi connectivity index (χ1n) is 5.15. The molecule has 0 aliphatic heterocycles. The molecule has 0 saturated carbocycles. The largest absolute Gasteiger partial charge is 0.396 e. The van der Waals surface area contributed by atoms with Crippen LogP contribution in [0.15, 0.2) is 28.7 Å². The van der Waals surface area contributed by atoms with Gasteiger partial charge in [0, 0.05) is 40.6 Å². The van der Waals surface area contributed by atoms with Gasteiger partial charge >= 0.3 is 0 Å². The molecular formula is C12H14BrNO. The number of rotatable bonds is 3. The van der Waals surface area contributed by atoms with E-state index in [9.17, 15) is 0 Å². The van der Waals surface area contributed by atoms with Gasteiger partial charge in [-0.25, -0.2) is 0 Å². The van der Waals surface area contributed by atoms with Gasteiger partial charge in [-0.2, -0.15) is 0 Å². The van der Waals surface area contributed by atoms with E-state index in [1.165, 1.54) is 16.6 Å². The van der Waals surface area contributed by atoms with Gasteiger partial charge in [-0.15, -0.1) is 0 Å². The molecule has 0 radical (unpaired) electrons. The zero-order valence-electron chi connectivity index (χ0n) is 8.70. The van der Waals surface area contributed by atoms with Gasteiger partial charge in [-0.05, 0) is 25.1 Å². The van der Waals surface area contributed by atoms with Crippen molar-refractivity contribution < 1.29 is 5.11 Å². The molecule has 1 N–H and O–H groups in total. The zero-order valence-corrected chi connectivity index (χ0v) is 10.3. The lowest BCUT2D eigenvalue weighted by molar-refractivity contribution is 0.296. The van der Waals surface area contributed by atoms with Crippen molar-refractivity contribution in [2.45, 2.75) is 19.9 Å². The summed E-state index contributed by atoms with van der Waals surface area (Å²) in [4.78, 5) is 0. The SMILES string of the molecule is CCn1c(CCO)cc2c(Br)cccc21. The number of benzene rings is 1. The lowest BCUT2D eigenvalue weighted by Gasteiger charge is -2.06. The standard InChI is InChI=1S/C12H14BrNO/c1-2-14-9(6-7-15)8-10-11(13)4-3-5-12(10)14/h3-5,8,15H,2,6-7H2,1H3. The number of halogens is 1. The number of nitrogens with zero attached hydrogens (tertiary/aromatic N) is 1. The van der Waals surface area contributed by atoms with Crippen LogP contribution in [0.5, 0.6) is 0 Å². The third-order valence-corrected chi connectivity index (χ3v) is 3.35. The molecule has 3 heteroatoms. The van der Waals surface area contributed by atoms with Gasteiger partial charge in [0.05, 0.1) is 0 Å². The van der Waals surface area contributed by atoms with Crippen LogP contribution in [0.2, 0.25) is 0 Å². The van der Waals surface area contributed by atoms with Crippen LogP contribution in [0.1, 0.15) is 12.6 Å². The number of hydrogen-bond donors (Lipinski definition) is 1. The molecule has 0 saturated heterocycles. The van der Waals surface area contributed by atoms with E-state index >= 15 is 0 Å². The number of aryl methyl sites for hydroxylation is 1. The van der Waals surface area contributed by atoms with Crippen molar-refractivity contribution in [2.24, 2.45) is 0 Å². The van der Waals surface area contributed by atoms with Crippen LogP contribution in [-0.2, 0) is 13.0 Å². The minimum absolute atomic E-state index is 0.202. The van der Waals surface area contributed by atoms with Crippen molar-refractivity contribution in [3.05, 3.63) is 34.4 Å². The summed E-state index contributed by atoms with van der Waals surface area (Å²) < 4.78 is 3.36. The van der Waals surface area contributed by atoms with E-state index in [1.54, 1.807) is 0 Å². The fourth-order valence-electron chi connectivity index (χ4n) is 2.00. The summed E-state index contributed by atoms with van der Waals surface area (Å²) in [5.41, 5.74) is 2.43. The summed E-state index contributed by atoms with van der Waals surface area (Å²) in [6, 6.07) is 8.36. The van der Waals surface area contributed by atoms with E-state index in [4.69, 9.17) is 5.11 Å². The minimum Gasteiger partial charge on any atom is -0.396 e. The van der Waals surface area contributed by atoms with Crippen LogP contribution in [0.4, 0.5) is 0 Å². The zero-order chi connectivity index (χ0) is 10.8. The first-order valence-corrected chi connectivity index (χ1v) is 5.94. The molecule has 80 valence electrons. The fraction of sp³-hybridized carbons (Fsp3) is 0.333. The Balaban J connectivity index is 2.67. The van der Waals surface area contributed by atoms with Crippen LogP contribution < -0.4 is 0 Å². The maximum atomic E-state index is 9.01. The van der Waals surface area contributed by atoms with Crippen molar-refractivity contribution in [1.82, 2.24) is 4.57 Å². The van der Waals surface area contributed by atoms with Gasteiger partial charge in [0.1, 0.15) is 0 Å². The topological polar surface area (TPSA) is 25.2 Å². The van der Waals surface area contributed by atoms with Gasteiger partial charge in [0.2, 0.25) is 0 Å². The second-order valence-corrected chi connectivity index (χ2v) is 4.38. The molecule has 0 aliphatic rings. The van der Waals surface area contributed by atoms with Crippen molar-refractivity contribution in [3.8, 4) is 0 Å². The predicted molar refractivity (Wildman–Crippen MR) is 66.1 cm³/mol. The van der Waals surface area contributed by atoms with E-state index in [2.05, 4.69) is 39.6 Å². The molecule has 2 aromatic rings. The highest BCUT2D eigenvalue weighted by Crippen LogP contribution is 2.27. The first-order chi connectivity index (χ1) is 7.27. The van der Waals surface area contributed by atoms with Crippen LogP contribution in [0.3, 0.4) is 0 Å². The van der Waals surface area contributed by atoms with Gasteiger partial charge in [0.25, 0.3) is 0 Å². The molecule has 15 heavy (non-hydrogen) atoms. The lowest BCUT2D eigenvalue weighted by Crippen LogP contribution is -2.02. The Kier molecular flexibility index (Phi) is 3.12. The number of aliphatic hydroxyl groups is 1. The molecule has 1 aromatic carbocycles. The molecule has 0 fully saturated rings. The van der Waals surface area contributed by atoms with Crippen molar-refractivity contribution in [2.75, 3.05) is 6.61 Å². The van der Waals surface area contributed by atoms with E-state index in [0.29, 0.717) is 0 Å². The van der Waals surface area contributed by atoms with Crippen molar-refractivity contribution in [3.63, 3.8) is 0 Å². The van der Waals surface area contributed by atoms with Crippen LogP contribution in [-0.4, -0.2) is 16.3 Å². The Morgan fingerprint density at radius 2 is 2.20 bits per heavy atom. The molecule has 1 aromatic heterocycles. The molecular weight excluding hydrogens is 254 g/mol. The van der Waals surface area contributed by atoms with Crippen LogP contribution in [0.25, 0.3) is 10.9 Å². The molecule has 2 nitrogen and oxygen atoms in total. The molecule has 0 aliphatic carbocycles. The summed E-state index contributed by atoms with van der Waals surface area (Å²) in [5, 5.41) is 10.2. The molecule has 0 amide bonds. The van der Waals surface area contributed by atoms with E-state index in [1.807, 2.05) is 12.1 Å². The Labute approximate surface area is 97.7 Å².